The average molecular weight is 272 g/mol. The van der Waals surface area contributed by atoms with Crippen LogP contribution in [-0.2, 0) is 6.54 Å². The summed E-state index contributed by atoms with van der Waals surface area (Å²) in [5.74, 6) is 0.321. The Bertz CT molecular complexity index is 314. The van der Waals surface area contributed by atoms with Crippen molar-refractivity contribution in [2.75, 3.05) is 13.2 Å². The van der Waals surface area contributed by atoms with Crippen molar-refractivity contribution in [2.45, 2.75) is 20.4 Å². The maximum Gasteiger partial charge on any atom is 0.0468 e. The first-order valence-electron chi connectivity index (χ1n) is 5.20. The van der Waals surface area contributed by atoms with Crippen LogP contribution >= 0.6 is 15.9 Å². The molecular weight excluding hydrogens is 254 g/mol. The van der Waals surface area contributed by atoms with Gasteiger partial charge in [0.15, 0.2) is 0 Å². The highest BCUT2D eigenvalue weighted by atomic mass is 79.9. The van der Waals surface area contributed by atoms with Gasteiger partial charge in [0.1, 0.15) is 0 Å². The second-order valence-corrected chi connectivity index (χ2v) is 4.86. The van der Waals surface area contributed by atoms with Crippen LogP contribution in [0.2, 0.25) is 0 Å². The van der Waals surface area contributed by atoms with Gasteiger partial charge in [0.05, 0.1) is 0 Å². The fraction of sp³-hybridized carbons (Fsp3) is 0.500. The predicted octanol–water partition coefficient (Wildman–Crippen LogP) is 2.48. The molecule has 1 atom stereocenters. The lowest BCUT2D eigenvalue weighted by molar-refractivity contribution is 0.233. The Morgan fingerprint density at radius 3 is 2.80 bits per heavy atom. The van der Waals surface area contributed by atoms with Gasteiger partial charge in [-0.25, -0.2) is 0 Å². The van der Waals surface area contributed by atoms with Gasteiger partial charge in [0.25, 0.3) is 0 Å². The monoisotopic (exact) mass is 271 g/mol. The van der Waals surface area contributed by atoms with Gasteiger partial charge in [-0.1, -0.05) is 35.0 Å². The van der Waals surface area contributed by atoms with Gasteiger partial charge in [-0.05, 0) is 30.0 Å². The summed E-state index contributed by atoms with van der Waals surface area (Å²) in [5, 5.41) is 12.2. The summed E-state index contributed by atoms with van der Waals surface area (Å²) in [6.45, 7) is 6.07. The molecule has 1 rings (SSSR count). The zero-order chi connectivity index (χ0) is 11.3. The van der Waals surface area contributed by atoms with Crippen molar-refractivity contribution in [3.63, 3.8) is 0 Å². The van der Waals surface area contributed by atoms with Crippen LogP contribution in [0, 0.1) is 12.8 Å². The highest BCUT2D eigenvalue weighted by Gasteiger charge is 2.00. The number of halogens is 1. The first-order valence-corrected chi connectivity index (χ1v) is 5.99. The number of benzene rings is 1. The van der Waals surface area contributed by atoms with Crippen LogP contribution in [0.15, 0.2) is 22.7 Å². The first-order chi connectivity index (χ1) is 7.13. The summed E-state index contributed by atoms with van der Waals surface area (Å²) in [6.07, 6.45) is 0. The third-order valence-corrected chi connectivity index (χ3v) is 3.25. The molecule has 15 heavy (non-hydrogen) atoms. The summed E-state index contributed by atoms with van der Waals surface area (Å²) in [5.41, 5.74) is 2.53. The van der Waals surface area contributed by atoms with Gasteiger partial charge in [0.2, 0.25) is 0 Å². The third-order valence-electron chi connectivity index (χ3n) is 2.36. The minimum Gasteiger partial charge on any atom is -0.396 e. The Labute approximate surface area is 99.8 Å². The van der Waals surface area contributed by atoms with Crippen LogP contribution < -0.4 is 5.32 Å². The van der Waals surface area contributed by atoms with Crippen LogP contribution in [0.4, 0.5) is 0 Å². The van der Waals surface area contributed by atoms with E-state index in [1.807, 2.05) is 6.92 Å². The van der Waals surface area contributed by atoms with Gasteiger partial charge in [-0.15, -0.1) is 0 Å². The molecule has 0 amide bonds. The summed E-state index contributed by atoms with van der Waals surface area (Å²) in [7, 11) is 0. The molecule has 0 saturated heterocycles. The molecule has 0 aliphatic heterocycles. The summed E-state index contributed by atoms with van der Waals surface area (Å²) < 4.78 is 1.15. The Morgan fingerprint density at radius 1 is 1.47 bits per heavy atom. The quantitative estimate of drug-likeness (QED) is 0.863. The lowest BCUT2D eigenvalue weighted by Crippen LogP contribution is -2.22. The minimum absolute atomic E-state index is 0.242. The maximum absolute atomic E-state index is 8.87. The molecule has 1 unspecified atom stereocenters. The number of aliphatic hydroxyl groups is 1. The standard InChI is InChI=1S/C12H18BrNO/c1-9(8-15)6-14-7-11-3-4-12(13)10(2)5-11/h3-5,9,14-15H,6-8H2,1-2H3. The fourth-order valence-electron chi connectivity index (χ4n) is 1.34. The maximum atomic E-state index is 8.87. The van der Waals surface area contributed by atoms with Gasteiger partial charge < -0.3 is 10.4 Å². The van der Waals surface area contributed by atoms with E-state index in [4.69, 9.17) is 5.11 Å². The second-order valence-electron chi connectivity index (χ2n) is 4.00. The first kappa shape index (κ1) is 12.7. The van der Waals surface area contributed by atoms with Crippen LogP contribution in [-0.4, -0.2) is 18.3 Å². The van der Waals surface area contributed by atoms with E-state index in [0.717, 1.165) is 17.6 Å². The molecule has 0 aromatic heterocycles. The number of aryl methyl sites for hydroxylation is 1. The molecule has 0 saturated carbocycles. The van der Waals surface area contributed by atoms with Crippen molar-refractivity contribution in [3.8, 4) is 0 Å². The number of rotatable bonds is 5. The van der Waals surface area contributed by atoms with Crippen LogP contribution in [0.5, 0.6) is 0 Å². The lowest BCUT2D eigenvalue weighted by Gasteiger charge is -2.10. The van der Waals surface area contributed by atoms with Crippen molar-refractivity contribution in [2.24, 2.45) is 5.92 Å². The number of nitrogens with one attached hydrogen (secondary N) is 1. The van der Waals surface area contributed by atoms with Crippen molar-refractivity contribution in [1.29, 1.82) is 0 Å². The molecule has 0 spiro atoms. The topological polar surface area (TPSA) is 32.3 Å². The molecule has 1 aromatic carbocycles. The molecule has 3 heteroatoms. The van der Waals surface area contributed by atoms with E-state index in [9.17, 15) is 0 Å². The van der Waals surface area contributed by atoms with Crippen molar-refractivity contribution in [3.05, 3.63) is 33.8 Å². The SMILES string of the molecule is Cc1cc(CNCC(C)CO)ccc1Br. The zero-order valence-electron chi connectivity index (χ0n) is 9.26. The fourth-order valence-corrected chi connectivity index (χ4v) is 1.59. The van der Waals surface area contributed by atoms with Crippen LogP contribution in [0.1, 0.15) is 18.1 Å². The lowest BCUT2D eigenvalue weighted by atomic mass is 10.1. The average Bonchev–Trinajstić information content (AvgIpc) is 2.23. The molecule has 1 aromatic rings. The van der Waals surface area contributed by atoms with Crippen molar-refractivity contribution < 1.29 is 5.11 Å². The number of hydrogen-bond acceptors (Lipinski definition) is 2. The molecular formula is C12H18BrNO. The van der Waals surface area contributed by atoms with Gasteiger partial charge in [-0.2, -0.15) is 0 Å². The molecule has 0 radical (unpaired) electrons. The number of hydrogen-bond donors (Lipinski definition) is 2. The van der Waals surface area contributed by atoms with E-state index in [1.54, 1.807) is 0 Å². The molecule has 2 nitrogen and oxygen atoms in total. The van der Waals surface area contributed by atoms with Crippen molar-refractivity contribution >= 4 is 15.9 Å². The summed E-state index contributed by atoms with van der Waals surface area (Å²) in [6, 6.07) is 6.34. The van der Waals surface area contributed by atoms with E-state index in [0.29, 0.717) is 5.92 Å². The largest absolute Gasteiger partial charge is 0.396 e. The molecule has 84 valence electrons. The summed E-state index contributed by atoms with van der Waals surface area (Å²) >= 11 is 3.48. The van der Waals surface area contributed by atoms with Crippen LogP contribution in [0.3, 0.4) is 0 Å². The Balaban J connectivity index is 2.41. The Kier molecular flexibility index (Phi) is 5.29. The minimum atomic E-state index is 0.242. The second kappa shape index (κ2) is 6.26. The Hall–Kier alpha value is -0.380. The smallest absolute Gasteiger partial charge is 0.0468 e. The predicted molar refractivity (Wildman–Crippen MR) is 66.8 cm³/mol. The molecule has 0 bridgehead atoms. The summed E-state index contributed by atoms with van der Waals surface area (Å²) in [4.78, 5) is 0. The van der Waals surface area contributed by atoms with Crippen LogP contribution in [0.25, 0.3) is 0 Å². The highest BCUT2D eigenvalue weighted by Crippen LogP contribution is 2.16. The van der Waals surface area contributed by atoms with Gasteiger partial charge >= 0.3 is 0 Å². The van der Waals surface area contributed by atoms with Crippen molar-refractivity contribution in [1.82, 2.24) is 5.32 Å². The molecule has 2 N–H and O–H groups in total. The number of aliphatic hydroxyl groups excluding tert-OH is 1. The Morgan fingerprint density at radius 2 is 2.20 bits per heavy atom. The van der Waals surface area contributed by atoms with E-state index in [1.165, 1.54) is 11.1 Å². The highest BCUT2D eigenvalue weighted by molar-refractivity contribution is 9.10. The van der Waals surface area contributed by atoms with E-state index < -0.39 is 0 Å². The van der Waals surface area contributed by atoms with E-state index in [-0.39, 0.29) is 6.61 Å². The molecule has 0 aliphatic rings. The van der Waals surface area contributed by atoms with E-state index >= 15 is 0 Å². The third kappa shape index (κ3) is 4.33. The molecule has 0 fully saturated rings. The normalized spacial score (nSPS) is 12.8. The van der Waals surface area contributed by atoms with Gasteiger partial charge in [-0.3, -0.25) is 0 Å². The zero-order valence-corrected chi connectivity index (χ0v) is 10.8. The molecule has 0 heterocycles. The van der Waals surface area contributed by atoms with E-state index in [2.05, 4.69) is 46.4 Å². The van der Waals surface area contributed by atoms with Gasteiger partial charge in [0, 0.05) is 24.2 Å². The molecule has 0 aliphatic carbocycles.